The van der Waals surface area contributed by atoms with Gasteiger partial charge in [-0.25, -0.2) is 0 Å². The van der Waals surface area contributed by atoms with E-state index in [1.807, 2.05) is 30.3 Å². The lowest BCUT2D eigenvalue weighted by Crippen LogP contribution is -2.50. The molecule has 0 spiro atoms. The van der Waals surface area contributed by atoms with Crippen molar-refractivity contribution in [2.24, 2.45) is 23.2 Å². The second-order valence-electron chi connectivity index (χ2n) is 7.63. The quantitative estimate of drug-likeness (QED) is 0.663. The number of nitrogens with one attached hydrogen (secondary N) is 1. The van der Waals surface area contributed by atoms with Crippen LogP contribution in [-0.4, -0.2) is 19.1 Å². The molecule has 0 saturated heterocycles. The minimum absolute atomic E-state index is 0.0847. The van der Waals surface area contributed by atoms with E-state index in [9.17, 15) is 4.79 Å². The minimum Gasteiger partial charge on any atom is -0.463 e. The highest BCUT2D eigenvalue weighted by atomic mass is 16.5. The lowest BCUT2D eigenvalue weighted by Gasteiger charge is -2.55. The number of hydrogen-bond acceptors (Lipinski definition) is 3. The van der Waals surface area contributed by atoms with E-state index < -0.39 is 0 Å². The average molecular weight is 299 g/mol. The van der Waals surface area contributed by atoms with Crippen LogP contribution in [0.2, 0.25) is 0 Å². The molecule has 1 aromatic rings. The summed E-state index contributed by atoms with van der Waals surface area (Å²) < 4.78 is 5.65. The van der Waals surface area contributed by atoms with Crippen LogP contribution in [0.4, 0.5) is 5.69 Å². The Kier molecular flexibility index (Phi) is 3.59. The maximum absolute atomic E-state index is 12.7. The van der Waals surface area contributed by atoms with E-state index >= 15 is 0 Å². The van der Waals surface area contributed by atoms with Gasteiger partial charge in [0.05, 0.1) is 5.41 Å². The van der Waals surface area contributed by atoms with Crippen LogP contribution in [0.3, 0.4) is 0 Å². The van der Waals surface area contributed by atoms with Gasteiger partial charge in [-0.15, -0.1) is 0 Å². The molecule has 22 heavy (non-hydrogen) atoms. The Morgan fingerprint density at radius 1 is 1.05 bits per heavy atom. The molecule has 0 aromatic heterocycles. The van der Waals surface area contributed by atoms with Crippen LogP contribution in [0.1, 0.15) is 38.5 Å². The molecule has 1 aromatic carbocycles. The van der Waals surface area contributed by atoms with Gasteiger partial charge < -0.3 is 10.1 Å². The molecule has 0 amide bonds. The van der Waals surface area contributed by atoms with Crippen LogP contribution in [0.15, 0.2) is 30.3 Å². The van der Waals surface area contributed by atoms with Gasteiger partial charge in [-0.05, 0) is 68.4 Å². The summed E-state index contributed by atoms with van der Waals surface area (Å²) in [4.78, 5) is 12.7. The van der Waals surface area contributed by atoms with Crippen LogP contribution in [0, 0.1) is 23.2 Å². The van der Waals surface area contributed by atoms with Gasteiger partial charge in [0.1, 0.15) is 6.61 Å². The number of benzene rings is 1. The molecule has 0 aliphatic heterocycles. The van der Waals surface area contributed by atoms with E-state index in [4.69, 9.17) is 4.74 Å². The van der Waals surface area contributed by atoms with E-state index in [0.717, 1.165) is 42.7 Å². The van der Waals surface area contributed by atoms with Crippen molar-refractivity contribution in [3.05, 3.63) is 30.3 Å². The second kappa shape index (κ2) is 5.60. The molecule has 0 unspecified atom stereocenters. The summed E-state index contributed by atoms with van der Waals surface area (Å²) in [6.45, 7) is 1.15. The molecule has 5 rings (SSSR count). The fraction of sp³-hybridized carbons (Fsp3) is 0.632. The molecular formula is C19H25NO2. The number of carbonyl (C=O) groups is 1. The Morgan fingerprint density at radius 3 is 2.23 bits per heavy atom. The Bertz CT molecular complexity index is 504. The topological polar surface area (TPSA) is 38.3 Å². The monoisotopic (exact) mass is 299 g/mol. The largest absolute Gasteiger partial charge is 0.463 e. The molecule has 0 heterocycles. The number of carbonyl (C=O) groups excluding carboxylic acids is 1. The summed E-state index contributed by atoms with van der Waals surface area (Å²) in [6, 6.07) is 10.1. The van der Waals surface area contributed by atoms with Gasteiger partial charge in [-0.1, -0.05) is 18.2 Å². The van der Waals surface area contributed by atoms with Crippen LogP contribution in [0.5, 0.6) is 0 Å². The Labute approximate surface area is 132 Å². The molecule has 0 radical (unpaired) electrons. The first-order chi connectivity index (χ1) is 10.7. The summed E-state index contributed by atoms with van der Waals surface area (Å²) in [7, 11) is 0. The number of para-hydroxylation sites is 1. The van der Waals surface area contributed by atoms with Gasteiger partial charge >= 0.3 is 5.97 Å². The number of ether oxygens (including phenoxy) is 1. The molecule has 4 fully saturated rings. The highest BCUT2D eigenvalue weighted by Gasteiger charge is 2.55. The predicted octanol–water partition coefficient (Wildman–Crippen LogP) is 3.86. The van der Waals surface area contributed by atoms with Gasteiger partial charge in [0.15, 0.2) is 0 Å². The zero-order chi connectivity index (χ0) is 15.0. The zero-order valence-electron chi connectivity index (χ0n) is 13.1. The third-order valence-electron chi connectivity index (χ3n) is 5.91. The Hall–Kier alpha value is -1.51. The highest BCUT2D eigenvalue weighted by Crippen LogP contribution is 2.60. The van der Waals surface area contributed by atoms with Crippen molar-refractivity contribution in [1.29, 1.82) is 0 Å². The standard InChI is InChI=1S/C19H25NO2/c21-18(22-7-6-20-17-4-2-1-3-5-17)19-11-14-8-15(12-19)10-16(9-14)13-19/h1-5,14-16,20H,6-13H2. The van der Waals surface area contributed by atoms with Gasteiger partial charge in [0, 0.05) is 12.2 Å². The molecule has 4 aliphatic carbocycles. The molecule has 3 nitrogen and oxygen atoms in total. The van der Waals surface area contributed by atoms with Crippen molar-refractivity contribution in [2.75, 3.05) is 18.5 Å². The lowest BCUT2D eigenvalue weighted by molar-refractivity contribution is -0.171. The minimum atomic E-state index is -0.124. The van der Waals surface area contributed by atoms with Crippen LogP contribution in [-0.2, 0) is 9.53 Å². The van der Waals surface area contributed by atoms with Gasteiger partial charge in [-0.2, -0.15) is 0 Å². The van der Waals surface area contributed by atoms with Crippen molar-refractivity contribution >= 4 is 11.7 Å². The first-order valence-corrected chi connectivity index (χ1v) is 8.70. The van der Waals surface area contributed by atoms with Crippen molar-refractivity contribution in [1.82, 2.24) is 0 Å². The van der Waals surface area contributed by atoms with Crippen molar-refractivity contribution in [2.45, 2.75) is 38.5 Å². The Balaban J connectivity index is 1.29. The van der Waals surface area contributed by atoms with Gasteiger partial charge in [0.2, 0.25) is 0 Å². The van der Waals surface area contributed by atoms with E-state index in [1.165, 1.54) is 19.3 Å². The average Bonchev–Trinajstić information content (AvgIpc) is 2.51. The van der Waals surface area contributed by atoms with Crippen molar-refractivity contribution in [3.8, 4) is 0 Å². The first kappa shape index (κ1) is 14.1. The summed E-state index contributed by atoms with van der Waals surface area (Å²) in [5.74, 6) is 2.46. The highest BCUT2D eigenvalue weighted by molar-refractivity contribution is 5.77. The van der Waals surface area contributed by atoms with E-state index in [-0.39, 0.29) is 11.4 Å². The SMILES string of the molecule is O=C(OCCNc1ccccc1)C12CC3CC(CC(C3)C1)C2. The molecular weight excluding hydrogens is 274 g/mol. The van der Waals surface area contributed by atoms with E-state index in [0.29, 0.717) is 13.2 Å². The Morgan fingerprint density at radius 2 is 1.64 bits per heavy atom. The fourth-order valence-electron chi connectivity index (χ4n) is 5.41. The van der Waals surface area contributed by atoms with Crippen molar-refractivity contribution in [3.63, 3.8) is 0 Å². The zero-order valence-corrected chi connectivity index (χ0v) is 13.1. The fourth-order valence-corrected chi connectivity index (χ4v) is 5.41. The van der Waals surface area contributed by atoms with E-state index in [1.54, 1.807) is 0 Å². The maximum atomic E-state index is 12.7. The number of esters is 1. The summed E-state index contributed by atoms with van der Waals surface area (Å²) in [5, 5.41) is 3.30. The van der Waals surface area contributed by atoms with Gasteiger partial charge in [0.25, 0.3) is 0 Å². The summed E-state index contributed by atoms with van der Waals surface area (Å²) in [6.07, 6.45) is 7.35. The van der Waals surface area contributed by atoms with Gasteiger partial charge in [-0.3, -0.25) is 4.79 Å². The third-order valence-corrected chi connectivity index (χ3v) is 5.91. The number of anilines is 1. The molecule has 118 valence electrons. The number of hydrogen-bond donors (Lipinski definition) is 1. The lowest BCUT2D eigenvalue weighted by atomic mass is 9.49. The predicted molar refractivity (Wildman–Crippen MR) is 86.5 cm³/mol. The molecule has 3 heteroatoms. The molecule has 0 atom stereocenters. The molecule has 4 saturated carbocycles. The third kappa shape index (κ3) is 2.62. The maximum Gasteiger partial charge on any atom is 0.312 e. The molecule has 4 aliphatic rings. The first-order valence-electron chi connectivity index (χ1n) is 8.70. The normalized spacial score (nSPS) is 35.4. The molecule has 4 bridgehead atoms. The second-order valence-corrected chi connectivity index (χ2v) is 7.63. The smallest absolute Gasteiger partial charge is 0.312 e. The van der Waals surface area contributed by atoms with Crippen molar-refractivity contribution < 1.29 is 9.53 Å². The summed E-state index contributed by atoms with van der Waals surface area (Å²) >= 11 is 0. The summed E-state index contributed by atoms with van der Waals surface area (Å²) in [5.41, 5.74) is 0.954. The number of rotatable bonds is 5. The van der Waals surface area contributed by atoms with Crippen LogP contribution >= 0.6 is 0 Å². The van der Waals surface area contributed by atoms with E-state index in [2.05, 4.69) is 5.32 Å². The van der Waals surface area contributed by atoms with Crippen LogP contribution < -0.4 is 5.32 Å². The molecule has 1 N–H and O–H groups in total. The van der Waals surface area contributed by atoms with Crippen LogP contribution in [0.25, 0.3) is 0 Å².